The number of aryl methyl sites for hydroxylation is 1. The molecule has 0 saturated carbocycles. The predicted molar refractivity (Wildman–Crippen MR) is 299 cm³/mol. The minimum absolute atomic E-state index is 0.164. The largest absolute Gasteiger partial charge is 0.481 e. The first-order valence-corrected chi connectivity index (χ1v) is 26.5. The zero-order valence-corrected chi connectivity index (χ0v) is 49.6. The number of ether oxygens (including phenoxy) is 1. The summed E-state index contributed by atoms with van der Waals surface area (Å²) in [6.45, 7) is 17.7. The summed E-state index contributed by atoms with van der Waals surface area (Å²) >= 11 is 0. The van der Waals surface area contributed by atoms with Crippen LogP contribution < -0.4 is 31.9 Å². The van der Waals surface area contributed by atoms with Gasteiger partial charge in [0.15, 0.2) is 0 Å². The molecule has 1 aromatic carbocycles. The Labute approximate surface area is 485 Å². The molecule has 0 aliphatic carbocycles. The standard InChI is InChI=1S/C55H81N9O20/c1-27(2)37(63(13)50(80)43(53(4,5)6)61-49(79)44(64(14)52(83)84-54(7,8)9)55(10,11)31-26-62(12)36-18-16-15-17-30(31)36)19-28(3)45(75)58-34(23-41(71)72)48(78)59-33(22-40(69)70)47(77)57-29(20-38(65)66)25-56-32(21-39(67)68)46(76)60-35(51(81)82)24-42(73)74/h15-19,26-27,29,32-35,37,43-44,56H,20-25H2,1-14H3,(H,57,77)(H,58,75)(H,59,78)(H,60,76)(H,61,79)(H,65,66)(H,67,68)(H,69,70)(H,71,72)(H,73,74)(H,81,82)/b28-19+/t29-,32-,33-,34-,35-,37+,43+,44+/m0/s1. The Balaban J connectivity index is 2.51. The minimum Gasteiger partial charge on any atom is -0.481 e. The van der Waals surface area contributed by atoms with Crippen LogP contribution >= 0.6 is 0 Å². The normalized spacial score (nSPS) is 14.9. The van der Waals surface area contributed by atoms with Gasteiger partial charge < -0.3 is 76.7 Å². The third-order valence-electron chi connectivity index (χ3n) is 13.3. The van der Waals surface area contributed by atoms with E-state index in [9.17, 15) is 83.1 Å². The number of aromatic nitrogens is 1. The number of aliphatic carboxylic acids is 6. The van der Waals surface area contributed by atoms with Gasteiger partial charge in [-0.2, -0.15) is 0 Å². The van der Waals surface area contributed by atoms with E-state index in [2.05, 4.69) is 21.3 Å². The Morgan fingerprint density at radius 2 is 1.07 bits per heavy atom. The van der Waals surface area contributed by atoms with Crippen LogP contribution in [0.15, 0.2) is 42.1 Å². The lowest BCUT2D eigenvalue weighted by Crippen LogP contribution is -2.63. The van der Waals surface area contributed by atoms with Crippen LogP contribution in [0, 0.1) is 11.3 Å². The SMILES string of the molecule is C/C(=C\[C@H](C(C)C)N(C)C(=O)[C@@H](NC(=O)[C@@H](N(C)C(=O)OC(C)(C)C)C(C)(C)c1cn(C)c2ccccc12)C(C)(C)C)C(=O)N[C@@H](CC(=O)O)C(=O)N[C@@H](CC(=O)O)C(=O)N[C@H](CN[C@@H](CC(=O)O)C(=O)N[C@@H](CC(=O)O)C(=O)O)CC(=O)O. The summed E-state index contributed by atoms with van der Waals surface area (Å²) < 4.78 is 7.63. The number of rotatable bonds is 31. The number of carboxylic acid groups (broad SMARTS) is 6. The van der Waals surface area contributed by atoms with E-state index in [0.717, 1.165) is 16.5 Å². The lowest BCUT2D eigenvalue weighted by Gasteiger charge is -2.42. The van der Waals surface area contributed by atoms with Gasteiger partial charge >= 0.3 is 41.9 Å². The van der Waals surface area contributed by atoms with E-state index >= 15 is 4.79 Å². The highest BCUT2D eigenvalue weighted by Crippen LogP contribution is 2.37. The molecular formula is C55H81N9O20. The minimum atomic E-state index is -2.11. The average Bonchev–Trinajstić information content (AvgIpc) is 3.77. The van der Waals surface area contributed by atoms with Crippen molar-refractivity contribution < 1.29 is 97.7 Å². The van der Waals surface area contributed by atoms with E-state index in [1.807, 2.05) is 52.7 Å². The fraction of sp³-hybridized carbons (Fsp3) is 0.582. The Kier molecular flexibility index (Phi) is 25.6. The summed E-state index contributed by atoms with van der Waals surface area (Å²) in [5, 5.41) is 71.3. The number of hydrogen-bond acceptors (Lipinski definition) is 15. The van der Waals surface area contributed by atoms with E-state index in [1.54, 1.807) is 69.2 Å². The van der Waals surface area contributed by atoms with Gasteiger partial charge in [0.1, 0.15) is 35.8 Å². The molecule has 0 fully saturated rings. The van der Waals surface area contributed by atoms with Gasteiger partial charge in [0.05, 0.1) is 50.2 Å². The van der Waals surface area contributed by atoms with Gasteiger partial charge in [0.25, 0.3) is 0 Å². The summed E-state index contributed by atoms with van der Waals surface area (Å²) in [6, 6.07) is -5.61. The molecule has 2 aromatic rings. The number of hydrogen-bond donors (Lipinski definition) is 12. The number of carbonyl (C=O) groups is 13. The molecule has 0 aliphatic heterocycles. The lowest BCUT2D eigenvalue weighted by atomic mass is 9.76. The van der Waals surface area contributed by atoms with Crippen LogP contribution in [0.25, 0.3) is 10.9 Å². The first-order valence-electron chi connectivity index (χ1n) is 26.5. The van der Waals surface area contributed by atoms with Gasteiger partial charge in [-0.15, -0.1) is 0 Å². The smallest absolute Gasteiger partial charge is 0.410 e. The van der Waals surface area contributed by atoms with Gasteiger partial charge in [-0.25, -0.2) is 9.59 Å². The van der Waals surface area contributed by atoms with Crippen molar-refractivity contribution in [1.29, 1.82) is 0 Å². The summed E-state index contributed by atoms with van der Waals surface area (Å²) in [5.41, 5.74) is -1.65. The van der Waals surface area contributed by atoms with Crippen molar-refractivity contribution in [1.82, 2.24) is 46.3 Å². The van der Waals surface area contributed by atoms with Crippen molar-refractivity contribution in [3.63, 3.8) is 0 Å². The number of likely N-dealkylation sites (N-methyl/N-ethyl adjacent to an activating group) is 2. The molecule has 1 aromatic heterocycles. The first-order chi connectivity index (χ1) is 38.5. The van der Waals surface area contributed by atoms with Gasteiger partial charge in [-0.3, -0.25) is 57.6 Å². The maximum absolute atomic E-state index is 15.0. The van der Waals surface area contributed by atoms with Crippen molar-refractivity contribution in [3.05, 3.63) is 47.7 Å². The van der Waals surface area contributed by atoms with E-state index in [4.69, 9.17) is 9.84 Å². The molecule has 466 valence electrons. The van der Waals surface area contributed by atoms with Crippen LogP contribution in [0.2, 0.25) is 0 Å². The number of nitrogens with one attached hydrogen (secondary N) is 6. The van der Waals surface area contributed by atoms with Crippen LogP contribution in [0.4, 0.5) is 4.79 Å². The monoisotopic (exact) mass is 1190 g/mol. The number of carbonyl (C=O) groups excluding carboxylic acids is 7. The van der Waals surface area contributed by atoms with Crippen molar-refractivity contribution in [2.75, 3.05) is 20.6 Å². The molecule has 0 bridgehead atoms. The highest BCUT2D eigenvalue weighted by molar-refractivity contribution is 6.00. The molecule has 7 amide bonds. The maximum atomic E-state index is 15.0. The van der Waals surface area contributed by atoms with Crippen molar-refractivity contribution in [3.8, 4) is 0 Å². The quantitative estimate of drug-likeness (QED) is 0.0469. The van der Waals surface area contributed by atoms with Crippen molar-refractivity contribution >= 4 is 88.3 Å². The predicted octanol–water partition coefficient (Wildman–Crippen LogP) is 1.01. The molecule has 29 nitrogen and oxygen atoms in total. The fourth-order valence-corrected chi connectivity index (χ4v) is 9.10. The number of para-hydroxylation sites is 1. The average molecular weight is 1190 g/mol. The molecule has 0 spiro atoms. The zero-order valence-electron chi connectivity index (χ0n) is 49.6. The molecule has 0 saturated heterocycles. The van der Waals surface area contributed by atoms with Crippen LogP contribution in [0.1, 0.15) is 114 Å². The summed E-state index contributed by atoms with van der Waals surface area (Å²) in [4.78, 5) is 171. The lowest BCUT2D eigenvalue weighted by molar-refractivity contribution is -0.147. The zero-order chi connectivity index (χ0) is 64.7. The van der Waals surface area contributed by atoms with Crippen LogP contribution in [-0.2, 0) is 74.7 Å². The van der Waals surface area contributed by atoms with Crippen LogP contribution in [0.5, 0.6) is 0 Å². The molecule has 29 heteroatoms. The van der Waals surface area contributed by atoms with Gasteiger partial charge in [0.2, 0.25) is 35.4 Å². The highest BCUT2D eigenvalue weighted by atomic mass is 16.6. The number of benzene rings is 1. The first kappa shape index (κ1) is 71.5. The number of carboxylic acids is 6. The summed E-state index contributed by atoms with van der Waals surface area (Å²) in [5.74, 6) is -17.0. The van der Waals surface area contributed by atoms with E-state index < -0.39 is 187 Å². The van der Waals surface area contributed by atoms with Gasteiger partial charge in [-0.05, 0) is 50.7 Å². The van der Waals surface area contributed by atoms with Crippen LogP contribution in [0.3, 0.4) is 0 Å². The molecule has 0 aliphatic rings. The topological polar surface area (TPSA) is 436 Å². The molecule has 12 N–H and O–H groups in total. The molecule has 1 heterocycles. The number of nitrogens with zero attached hydrogens (tertiary/aromatic N) is 3. The Morgan fingerprint density at radius 3 is 1.56 bits per heavy atom. The van der Waals surface area contributed by atoms with Gasteiger partial charge in [-0.1, -0.05) is 72.7 Å². The highest BCUT2D eigenvalue weighted by Gasteiger charge is 2.47. The van der Waals surface area contributed by atoms with Gasteiger partial charge in [0, 0.05) is 55.8 Å². The Hall–Kier alpha value is -8.63. The van der Waals surface area contributed by atoms with E-state index in [1.165, 1.54) is 36.9 Å². The third-order valence-corrected chi connectivity index (χ3v) is 13.3. The maximum Gasteiger partial charge on any atom is 0.410 e. The molecule has 2 rings (SSSR count). The second kappa shape index (κ2) is 30.1. The molecule has 0 unspecified atom stereocenters. The second-order valence-corrected chi connectivity index (χ2v) is 23.4. The van der Waals surface area contributed by atoms with Crippen molar-refractivity contribution in [2.45, 2.75) is 168 Å². The third kappa shape index (κ3) is 21.3. The molecule has 0 radical (unpaired) electrons. The molecular weight excluding hydrogens is 1110 g/mol. The number of fused-ring (bicyclic) bond motifs is 1. The Bertz CT molecular complexity index is 2850. The second-order valence-electron chi connectivity index (χ2n) is 23.4. The van der Waals surface area contributed by atoms with Crippen LogP contribution in [-0.4, -0.2) is 197 Å². The molecule has 84 heavy (non-hydrogen) atoms. The summed E-state index contributed by atoms with van der Waals surface area (Å²) in [7, 11) is 4.72. The molecule has 8 atom stereocenters. The Morgan fingerprint density at radius 1 is 0.607 bits per heavy atom. The number of amides is 7. The van der Waals surface area contributed by atoms with E-state index in [-0.39, 0.29) is 5.57 Å². The fourth-order valence-electron chi connectivity index (χ4n) is 9.10. The summed E-state index contributed by atoms with van der Waals surface area (Å²) in [6.07, 6.45) is -3.10. The van der Waals surface area contributed by atoms with Crippen molar-refractivity contribution in [2.24, 2.45) is 18.4 Å². The van der Waals surface area contributed by atoms with E-state index in [0.29, 0.717) is 0 Å².